The molecule has 7 atom stereocenters. The number of cyclic esters (lactones) is 1. The molecule has 2 fully saturated rings. The zero-order valence-corrected chi connectivity index (χ0v) is 22.9. The van der Waals surface area contributed by atoms with E-state index in [-0.39, 0.29) is 29.8 Å². The van der Waals surface area contributed by atoms with Crippen LogP contribution in [0.25, 0.3) is 6.08 Å². The normalized spacial score (nSPS) is 37.5. The van der Waals surface area contributed by atoms with E-state index in [1.807, 2.05) is 32.2 Å². The topological polar surface area (TPSA) is 109 Å². The fourth-order valence-electron chi connectivity index (χ4n) is 5.07. The first-order valence-corrected chi connectivity index (χ1v) is 13.5. The summed E-state index contributed by atoms with van der Waals surface area (Å²) in [5.74, 6) is -1.55. The molecule has 0 aromatic carbocycles. The van der Waals surface area contributed by atoms with Crippen molar-refractivity contribution in [3.05, 3.63) is 21.7 Å². The number of rotatable bonds is 2. The summed E-state index contributed by atoms with van der Waals surface area (Å²) in [6.45, 7) is 12.8. The number of ketones is 1. The molecule has 3 heterocycles. The van der Waals surface area contributed by atoms with Gasteiger partial charge in [-0.05, 0) is 51.2 Å². The molecular weight excluding hydrogens is 466 g/mol. The van der Waals surface area contributed by atoms with Crippen molar-refractivity contribution >= 4 is 29.2 Å². The van der Waals surface area contributed by atoms with E-state index < -0.39 is 35.6 Å². The number of carbonyl (C=O) groups excluding carboxylic acids is 2. The number of hydrogen-bond acceptors (Lipinski definition) is 8. The fourth-order valence-corrected chi connectivity index (χ4v) is 5.64. The Hall–Kier alpha value is -1.61. The van der Waals surface area contributed by atoms with E-state index >= 15 is 0 Å². The predicted octanol–water partition coefficient (Wildman–Crippen LogP) is 4.48. The molecule has 2 aliphatic rings. The van der Waals surface area contributed by atoms with Crippen molar-refractivity contribution in [2.24, 2.45) is 17.3 Å². The molecule has 3 rings (SSSR count). The summed E-state index contributed by atoms with van der Waals surface area (Å²) in [4.78, 5) is 30.6. The number of Topliss-reactive ketones (excluding diaryl/α,β-unsaturated/α-hetero) is 1. The standard InChI is InChI=1S/C27H41NO6S/c1-15-9-8-10-27(7)22(34-27)12-20(16(2)11-19-14-35-18(4)28-19)33-23(30)13-21(29)26(5,6)25(32)17(3)24(15)31/h11,14-15,17,20-22,24,29,31H,8-10,12-13H2,1-7H3/b16-11+/t15?,17?,20?,21?,22?,24?,27-/m1/s1. The van der Waals surface area contributed by atoms with Gasteiger partial charge in [-0.15, -0.1) is 11.3 Å². The van der Waals surface area contributed by atoms with Crippen LogP contribution in [0.2, 0.25) is 0 Å². The van der Waals surface area contributed by atoms with E-state index in [1.165, 1.54) is 0 Å². The van der Waals surface area contributed by atoms with Gasteiger partial charge in [0.2, 0.25) is 0 Å². The van der Waals surface area contributed by atoms with E-state index in [9.17, 15) is 19.8 Å². The second kappa shape index (κ2) is 10.8. The second-order valence-electron chi connectivity index (χ2n) is 11.3. The largest absolute Gasteiger partial charge is 0.458 e. The van der Waals surface area contributed by atoms with Crippen LogP contribution in [0.4, 0.5) is 0 Å². The molecule has 0 amide bonds. The van der Waals surface area contributed by atoms with Crippen LogP contribution >= 0.6 is 11.3 Å². The van der Waals surface area contributed by atoms with E-state index in [0.29, 0.717) is 6.42 Å². The number of aliphatic hydroxyl groups is 2. The van der Waals surface area contributed by atoms with E-state index in [1.54, 1.807) is 32.1 Å². The minimum absolute atomic E-state index is 0.0455. The highest BCUT2D eigenvalue weighted by molar-refractivity contribution is 7.09. The quantitative estimate of drug-likeness (QED) is 0.449. The van der Waals surface area contributed by atoms with E-state index in [4.69, 9.17) is 9.47 Å². The lowest BCUT2D eigenvalue weighted by Gasteiger charge is -2.34. The molecule has 2 saturated heterocycles. The van der Waals surface area contributed by atoms with Crippen LogP contribution in [0.3, 0.4) is 0 Å². The first-order chi connectivity index (χ1) is 16.2. The summed E-state index contributed by atoms with van der Waals surface area (Å²) in [6.07, 6.45) is 1.98. The van der Waals surface area contributed by atoms with Gasteiger partial charge in [0, 0.05) is 17.7 Å². The van der Waals surface area contributed by atoms with Crippen molar-refractivity contribution < 1.29 is 29.3 Å². The molecule has 7 nitrogen and oxygen atoms in total. The molecule has 0 bridgehead atoms. The molecule has 0 spiro atoms. The number of ether oxygens (including phenoxy) is 2. The molecule has 1 aromatic rings. The highest BCUT2D eigenvalue weighted by atomic mass is 32.1. The number of hydrogen-bond donors (Lipinski definition) is 2. The second-order valence-corrected chi connectivity index (χ2v) is 12.3. The van der Waals surface area contributed by atoms with Crippen LogP contribution in [0.15, 0.2) is 11.0 Å². The van der Waals surface area contributed by atoms with Gasteiger partial charge in [-0.3, -0.25) is 9.59 Å². The van der Waals surface area contributed by atoms with Crippen molar-refractivity contribution in [2.45, 2.75) is 111 Å². The summed E-state index contributed by atoms with van der Waals surface area (Å²) < 4.78 is 11.9. The molecule has 196 valence electrons. The van der Waals surface area contributed by atoms with Crippen molar-refractivity contribution in [3.63, 3.8) is 0 Å². The minimum Gasteiger partial charge on any atom is -0.458 e. The lowest BCUT2D eigenvalue weighted by Crippen LogP contribution is -2.45. The molecule has 2 aliphatic heterocycles. The number of aromatic nitrogens is 1. The Morgan fingerprint density at radius 1 is 1.23 bits per heavy atom. The number of nitrogens with zero attached hydrogens (tertiary/aromatic N) is 1. The maximum atomic E-state index is 13.2. The highest BCUT2D eigenvalue weighted by Gasteiger charge is 2.53. The first-order valence-electron chi connectivity index (χ1n) is 12.6. The predicted molar refractivity (Wildman–Crippen MR) is 136 cm³/mol. The number of aryl methyl sites for hydroxylation is 1. The minimum atomic E-state index is -1.23. The molecule has 2 N–H and O–H groups in total. The van der Waals surface area contributed by atoms with Crippen LogP contribution in [0.5, 0.6) is 0 Å². The molecule has 8 heteroatoms. The lowest BCUT2D eigenvalue weighted by molar-refractivity contribution is -0.154. The smallest absolute Gasteiger partial charge is 0.309 e. The van der Waals surface area contributed by atoms with Gasteiger partial charge in [0.1, 0.15) is 11.9 Å². The molecule has 0 radical (unpaired) electrons. The van der Waals surface area contributed by atoms with E-state index in [2.05, 4.69) is 11.9 Å². The van der Waals surface area contributed by atoms with Crippen molar-refractivity contribution in [2.75, 3.05) is 0 Å². The molecule has 1 aromatic heterocycles. The summed E-state index contributed by atoms with van der Waals surface area (Å²) in [5, 5.41) is 24.6. The van der Waals surface area contributed by atoms with Crippen LogP contribution < -0.4 is 0 Å². The van der Waals surface area contributed by atoms with Gasteiger partial charge in [0.05, 0.1) is 46.5 Å². The average molecular weight is 508 g/mol. The third-order valence-corrected chi connectivity index (χ3v) is 8.72. The van der Waals surface area contributed by atoms with Crippen molar-refractivity contribution in [3.8, 4) is 0 Å². The summed E-state index contributed by atoms with van der Waals surface area (Å²) in [6, 6.07) is 0. The molecule has 0 saturated carbocycles. The van der Waals surface area contributed by atoms with Crippen LogP contribution in [0, 0.1) is 24.2 Å². The van der Waals surface area contributed by atoms with Gasteiger partial charge < -0.3 is 19.7 Å². The molecule has 0 aliphatic carbocycles. The summed E-state index contributed by atoms with van der Waals surface area (Å²) in [5.41, 5.74) is 0.179. The Bertz CT molecular complexity index is 955. The van der Waals surface area contributed by atoms with Crippen LogP contribution in [-0.4, -0.2) is 57.0 Å². The van der Waals surface area contributed by atoms with Gasteiger partial charge in [-0.1, -0.05) is 34.1 Å². The van der Waals surface area contributed by atoms with Gasteiger partial charge in [-0.2, -0.15) is 0 Å². The third kappa shape index (κ3) is 6.59. The van der Waals surface area contributed by atoms with Gasteiger partial charge in [-0.25, -0.2) is 4.98 Å². The Balaban J connectivity index is 1.85. The fraction of sp³-hybridized carbons (Fsp3) is 0.741. The summed E-state index contributed by atoms with van der Waals surface area (Å²) in [7, 11) is 0. The zero-order valence-electron chi connectivity index (χ0n) is 22.0. The highest BCUT2D eigenvalue weighted by Crippen LogP contribution is 2.45. The van der Waals surface area contributed by atoms with Gasteiger partial charge in [0.15, 0.2) is 0 Å². The third-order valence-electron chi connectivity index (χ3n) is 7.93. The Labute approximate surface area is 212 Å². The molecule has 6 unspecified atom stereocenters. The van der Waals surface area contributed by atoms with Gasteiger partial charge >= 0.3 is 5.97 Å². The zero-order chi connectivity index (χ0) is 26.1. The Morgan fingerprint density at radius 2 is 1.91 bits per heavy atom. The number of epoxide rings is 1. The van der Waals surface area contributed by atoms with Crippen LogP contribution in [-0.2, 0) is 19.1 Å². The SMILES string of the molecule is C/C(=C\c1csc(C)n1)C1CC2O[C@]2(C)CCCC(C)C(O)C(C)C(=O)C(C)(C)C(O)CC(=O)O1. The Morgan fingerprint density at radius 3 is 2.54 bits per heavy atom. The van der Waals surface area contributed by atoms with Crippen LogP contribution in [0.1, 0.15) is 84.3 Å². The maximum Gasteiger partial charge on any atom is 0.309 e. The summed E-state index contributed by atoms with van der Waals surface area (Å²) >= 11 is 1.56. The van der Waals surface area contributed by atoms with Crippen molar-refractivity contribution in [1.82, 2.24) is 4.98 Å². The number of carbonyl (C=O) groups is 2. The average Bonchev–Trinajstić information content (AvgIpc) is 3.22. The molecule has 35 heavy (non-hydrogen) atoms. The Kier molecular flexibility index (Phi) is 8.62. The lowest BCUT2D eigenvalue weighted by atomic mass is 9.73. The number of thiazole rings is 1. The maximum absolute atomic E-state index is 13.2. The number of aliphatic hydroxyl groups excluding tert-OH is 2. The monoisotopic (exact) mass is 507 g/mol. The molecular formula is C27H41NO6S. The van der Waals surface area contributed by atoms with E-state index in [0.717, 1.165) is 35.5 Å². The van der Waals surface area contributed by atoms with Crippen molar-refractivity contribution in [1.29, 1.82) is 0 Å². The van der Waals surface area contributed by atoms with Gasteiger partial charge in [0.25, 0.3) is 0 Å². The first kappa shape index (κ1) is 28.0. The number of esters is 1. The number of fused-ring (bicyclic) bond motifs is 1.